The molecule has 4 N–H and O–H groups in total. The molecule has 0 spiro atoms. The van der Waals surface area contributed by atoms with E-state index in [0.29, 0.717) is 66.8 Å². The van der Waals surface area contributed by atoms with Crippen LogP contribution in [-0.2, 0) is 75.9 Å². The molecule has 6 aromatic carbocycles. The van der Waals surface area contributed by atoms with Gasteiger partial charge in [-0.2, -0.15) is 0 Å². The van der Waals surface area contributed by atoms with Gasteiger partial charge in [0.15, 0.2) is 13.2 Å². The summed E-state index contributed by atoms with van der Waals surface area (Å²) < 4.78 is 55.5. The number of carbonyl (C=O) groups is 3. The standard InChI is InChI=1S/C78H80N4O10.C4H8O2/c1-9-85-69(83)47-91-73-53-19-13-20-54(73)44-50-16-12-18-52-46-56-22-14-21-55(74(56)92-48-70(84)86-10-2)45-51-17-11-15-49(43-53)71(51)89-41-39-87-59-27-23-57(24-28-59)77(7)65-35-31-61(79-65)75(3,4)62-32-36-66(80-62)78(8,58-25-29-60(30-26-58)88-40-42-90-72(50)52)68-38-34-64(82-68)76(5,6)63-33-37-67(77)81-63;1-3-6-4(2)5/h11-38,79-82H,9-10,39-48H2,1-8H3;3H2,1-2H3. The maximum absolute atomic E-state index is 13.1. The highest BCUT2D eigenvalue weighted by atomic mass is 16.6. The number of hydrogen-bond acceptors (Lipinski definition) is 12. The van der Waals surface area contributed by atoms with Crippen molar-refractivity contribution in [1.82, 2.24) is 19.9 Å². The van der Waals surface area contributed by atoms with Crippen LogP contribution >= 0.6 is 0 Å². The average molecular weight is 1320 g/mol. The Bertz CT molecular complexity index is 4020. The molecule has 0 radical (unpaired) electrons. The van der Waals surface area contributed by atoms with Crippen LogP contribution in [0, 0.1) is 0 Å². The molecule has 16 heteroatoms. The van der Waals surface area contributed by atoms with Crippen LogP contribution in [0.4, 0.5) is 0 Å². The molecular weight excluding hydrogens is 1230 g/mol. The normalized spacial score (nSPS) is 17.4. The number of fused-ring (bicyclic) bond motifs is 2. The van der Waals surface area contributed by atoms with Crippen LogP contribution in [0.25, 0.3) is 0 Å². The van der Waals surface area contributed by atoms with E-state index in [-0.39, 0.29) is 58.8 Å². The molecule has 4 aromatic heterocycles. The highest BCUT2D eigenvalue weighted by molar-refractivity contribution is 5.72. The Kier molecular flexibility index (Phi) is 19.9. The maximum Gasteiger partial charge on any atom is 0.344 e. The Morgan fingerprint density at radius 1 is 0.357 bits per heavy atom. The van der Waals surface area contributed by atoms with Gasteiger partial charge in [-0.1, -0.05) is 97.1 Å². The van der Waals surface area contributed by atoms with Gasteiger partial charge in [-0.15, -0.1) is 0 Å². The molecule has 0 unspecified atom stereocenters. The molecule has 0 amide bonds. The predicted octanol–water partition coefficient (Wildman–Crippen LogP) is 15.0. The molecular formula is C82H88N4O12. The first-order valence-corrected chi connectivity index (χ1v) is 34.0. The largest absolute Gasteiger partial charge is 0.490 e. The zero-order valence-corrected chi connectivity index (χ0v) is 57.8. The smallest absolute Gasteiger partial charge is 0.344 e. The third kappa shape index (κ3) is 13.8. The second-order valence-electron chi connectivity index (χ2n) is 26.5. The fourth-order valence-electron chi connectivity index (χ4n) is 13.9. The number of carbonyl (C=O) groups excluding carboxylic acids is 3. The monoisotopic (exact) mass is 1320 g/mol. The topological polar surface area (TPSA) is 197 Å². The van der Waals surface area contributed by atoms with Gasteiger partial charge in [0, 0.05) is 89.0 Å². The number of benzene rings is 6. The van der Waals surface area contributed by atoms with Gasteiger partial charge in [0.1, 0.15) is 60.9 Å². The summed E-state index contributed by atoms with van der Waals surface area (Å²) in [5, 5.41) is 0. The SMILES string of the molecule is CCOC(=O)COc1c2cccc1Cc1cccc3c1OCCOc1ccc(cc1)C1(C)c4ccc([nH]4)C(C)(C)c4ccc([nH]4)C(C)(c4ccc(cc4)OCCOc4c(cccc4Cc4cccc(c4OCC(=O)OCC)C3)C2)c2ccc([nH]2)C(C)(C)c2ccc1[nH]2.CCOC(C)=O. The lowest BCUT2D eigenvalue weighted by Gasteiger charge is -2.32. The summed E-state index contributed by atoms with van der Waals surface area (Å²) >= 11 is 0. The molecule has 0 atom stereocenters. The van der Waals surface area contributed by atoms with Crippen LogP contribution in [0.15, 0.2) is 170 Å². The van der Waals surface area contributed by atoms with Gasteiger partial charge in [0.05, 0.1) is 30.7 Å². The zero-order chi connectivity index (χ0) is 68.8. The number of aromatic nitrogens is 4. The van der Waals surface area contributed by atoms with E-state index >= 15 is 0 Å². The van der Waals surface area contributed by atoms with Gasteiger partial charge < -0.3 is 62.6 Å². The van der Waals surface area contributed by atoms with Crippen LogP contribution in [0.1, 0.15) is 170 Å². The lowest BCUT2D eigenvalue weighted by Crippen LogP contribution is -2.29. The third-order valence-corrected chi connectivity index (χ3v) is 19.5. The van der Waals surface area contributed by atoms with Crippen molar-refractivity contribution in [1.29, 1.82) is 0 Å². The van der Waals surface area contributed by atoms with Crippen molar-refractivity contribution < 1.29 is 57.0 Å². The molecule has 508 valence electrons. The van der Waals surface area contributed by atoms with E-state index < -0.39 is 33.6 Å². The van der Waals surface area contributed by atoms with Crippen molar-refractivity contribution in [3.8, 4) is 34.5 Å². The minimum Gasteiger partial charge on any atom is -0.490 e. The van der Waals surface area contributed by atoms with E-state index in [4.69, 9.17) is 37.9 Å². The lowest BCUT2D eigenvalue weighted by atomic mass is 9.76. The summed E-state index contributed by atoms with van der Waals surface area (Å²) in [6, 6.07) is 59.2. The number of aromatic amines is 4. The first-order valence-electron chi connectivity index (χ1n) is 34.0. The van der Waals surface area contributed by atoms with Gasteiger partial charge >= 0.3 is 17.9 Å². The highest BCUT2D eigenvalue weighted by Gasteiger charge is 2.41. The van der Waals surface area contributed by atoms with Crippen molar-refractivity contribution in [3.05, 3.63) is 271 Å². The highest BCUT2D eigenvalue weighted by Crippen LogP contribution is 2.47. The van der Waals surface area contributed by atoms with Crippen LogP contribution in [0.5, 0.6) is 34.5 Å². The molecule has 11 heterocycles. The fraction of sp³-hybridized carbons (Fsp3) is 0.329. The second-order valence-corrected chi connectivity index (χ2v) is 26.5. The first kappa shape index (κ1) is 67.6. The number of rotatable bonds is 9. The van der Waals surface area contributed by atoms with E-state index in [0.717, 1.165) is 101 Å². The minimum absolute atomic E-state index is 0.211. The van der Waals surface area contributed by atoms with Gasteiger partial charge in [-0.3, -0.25) is 4.79 Å². The molecule has 0 saturated carbocycles. The molecule has 98 heavy (non-hydrogen) atoms. The van der Waals surface area contributed by atoms with Crippen molar-refractivity contribution in [3.63, 3.8) is 0 Å². The summed E-state index contributed by atoms with van der Waals surface area (Å²) in [5.41, 5.74) is 15.4. The van der Waals surface area contributed by atoms with Crippen LogP contribution in [-0.4, -0.2) is 97.3 Å². The molecule has 16 nitrogen and oxygen atoms in total. The van der Waals surface area contributed by atoms with Gasteiger partial charge in [-0.05, 0) is 191 Å². The Balaban J connectivity index is 0.00000146. The number of esters is 3. The van der Waals surface area contributed by atoms with E-state index in [2.05, 4.69) is 163 Å². The summed E-state index contributed by atoms with van der Waals surface area (Å²) in [4.78, 5) is 52.0. The van der Waals surface area contributed by atoms with Gasteiger partial charge in [0.2, 0.25) is 0 Å². The first-order chi connectivity index (χ1) is 47.3. The quantitative estimate of drug-likeness (QED) is 0.0789. The van der Waals surface area contributed by atoms with Crippen molar-refractivity contribution >= 4 is 17.9 Å². The number of para-hydroxylation sites is 4. The molecule has 18 rings (SSSR count). The second kappa shape index (κ2) is 28.8. The van der Waals surface area contributed by atoms with E-state index in [9.17, 15) is 14.4 Å². The fourth-order valence-corrected chi connectivity index (χ4v) is 13.9. The number of H-pyrrole nitrogens is 4. The van der Waals surface area contributed by atoms with Crippen molar-refractivity contribution in [2.75, 3.05) is 59.5 Å². The Morgan fingerprint density at radius 2 is 0.633 bits per heavy atom. The molecule has 7 aliphatic heterocycles. The summed E-state index contributed by atoms with van der Waals surface area (Å²) in [6.07, 6.45) is 1.56. The number of hydrogen-bond donors (Lipinski definition) is 4. The van der Waals surface area contributed by atoms with Crippen LogP contribution in [0.3, 0.4) is 0 Å². The minimum atomic E-state index is -0.654. The van der Waals surface area contributed by atoms with Crippen LogP contribution < -0.4 is 28.4 Å². The average Bonchev–Trinajstić information content (AvgIpc) is 1.56. The number of nitrogens with one attached hydrogen (secondary N) is 4. The molecule has 8 aliphatic rings. The summed E-state index contributed by atoms with van der Waals surface area (Å²) in [6.45, 7) is 21.6. The predicted molar refractivity (Wildman–Crippen MR) is 377 cm³/mol. The van der Waals surface area contributed by atoms with E-state index in [1.54, 1.807) is 20.8 Å². The third-order valence-electron chi connectivity index (χ3n) is 19.5. The van der Waals surface area contributed by atoms with Crippen molar-refractivity contribution in [2.45, 2.75) is 117 Å². The molecule has 0 fully saturated rings. The van der Waals surface area contributed by atoms with Gasteiger partial charge in [0.25, 0.3) is 0 Å². The molecule has 10 aromatic rings. The van der Waals surface area contributed by atoms with E-state index in [1.165, 1.54) is 6.92 Å². The van der Waals surface area contributed by atoms with Gasteiger partial charge in [-0.25, -0.2) is 9.59 Å². The Morgan fingerprint density at radius 3 is 0.908 bits per heavy atom. The number of ether oxygens (including phenoxy) is 9. The van der Waals surface area contributed by atoms with Crippen LogP contribution in [0.2, 0.25) is 0 Å². The maximum atomic E-state index is 13.1. The van der Waals surface area contributed by atoms with Crippen molar-refractivity contribution in [2.24, 2.45) is 0 Å². The zero-order valence-electron chi connectivity index (χ0n) is 57.8. The summed E-state index contributed by atoms with van der Waals surface area (Å²) in [5.74, 6) is 2.77. The Labute approximate surface area is 573 Å². The molecule has 1 aliphatic carbocycles. The van der Waals surface area contributed by atoms with E-state index in [1.807, 2.05) is 72.8 Å². The summed E-state index contributed by atoms with van der Waals surface area (Å²) in [7, 11) is 0. The Hall–Kier alpha value is -10.3. The molecule has 24 bridgehead atoms. The lowest BCUT2D eigenvalue weighted by molar-refractivity contribution is -0.146. The molecule has 0 saturated heterocycles.